The van der Waals surface area contributed by atoms with Gasteiger partial charge < -0.3 is 20.0 Å². The van der Waals surface area contributed by atoms with Crippen molar-refractivity contribution < 1.29 is 9.21 Å². The van der Waals surface area contributed by atoms with Crippen LogP contribution in [-0.2, 0) is 6.54 Å². The van der Waals surface area contributed by atoms with E-state index in [9.17, 15) is 4.79 Å². The highest BCUT2D eigenvalue weighted by Crippen LogP contribution is 2.29. The molecule has 0 spiro atoms. The van der Waals surface area contributed by atoms with Crippen molar-refractivity contribution in [3.05, 3.63) is 54.0 Å². The number of nitrogens with zero attached hydrogens (tertiary/aromatic N) is 3. The van der Waals surface area contributed by atoms with E-state index in [1.165, 1.54) is 6.42 Å². The number of benzene rings is 1. The number of amides is 1. The summed E-state index contributed by atoms with van der Waals surface area (Å²) in [6.07, 6.45) is 7.15. The maximum absolute atomic E-state index is 13.2. The van der Waals surface area contributed by atoms with Gasteiger partial charge >= 0.3 is 0 Å². The molecule has 3 aromatic heterocycles. The van der Waals surface area contributed by atoms with Crippen LogP contribution in [0.2, 0.25) is 0 Å². The molecule has 1 amide bonds. The number of nitrogen functional groups attached to an aromatic ring is 1. The van der Waals surface area contributed by atoms with Gasteiger partial charge in [0.05, 0.1) is 23.8 Å². The predicted octanol–water partition coefficient (Wildman–Crippen LogP) is 3.87. The van der Waals surface area contributed by atoms with Crippen molar-refractivity contribution in [2.24, 2.45) is 0 Å². The van der Waals surface area contributed by atoms with Crippen molar-refractivity contribution in [3.63, 3.8) is 0 Å². The Morgan fingerprint density at radius 2 is 1.86 bits per heavy atom. The van der Waals surface area contributed by atoms with Crippen molar-refractivity contribution in [1.82, 2.24) is 19.9 Å². The molecule has 0 unspecified atom stereocenters. The molecule has 7 nitrogen and oxygen atoms in total. The normalized spacial score (nSPS) is 15.2. The first kappa shape index (κ1) is 17.7. The second-order valence-corrected chi connectivity index (χ2v) is 7.62. The highest BCUT2D eigenvalue weighted by molar-refractivity contribution is 6.10. The van der Waals surface area contributed by atoms with E-state index < -0.39 is 0 Å². The van der Waals surface area contributed by atoms with Gasteiger partial charge in [-0.3, -0.25) is 4.79 Å². The second kappa shape index (κ2) is 7.24. The molecule has 1 aromatic carbocycles. The predicted molar refractivity (Wildman–Crippen MR) is 112 cm³/mol. The Labute approximate surface area is 167 Å². The minimum atomic E-state index is -0.179. The number of rotatable bonds is 4. The number of para-hydroxylation sites is 2. The van der Waals surface area contributed by atoms with E-state index in [0.29, 0.717) is 29.1 Å². The highest BCUT2D eigenvalue weighted by Gasteiger charge is 2.26. The van der Waals surface area contributed by atoms with Gasteiger partial charge in [0.2, 0.25) is 0 Å². The van der Waals surface area contributed by atoms with Crippen LogP contribution in [-0.4, -0.2) is 26.5 Å². The van der Waals surface area contributed by atoms with Gasteiger partial charge in [-0.05, 0) is 37.1 Å². The van der Waals surface area contributed by atoms with Gasteiger partial charge in [-0.1, -0.05) is 31.4 Å². The summed E-state index contributed by atoms with van der Waals surface area (Å²) in [7, 11) is 0. The number of nitrogens with two attached hydrogens (primary N) is 1. The molecule has 1 aliphatic rings. The quantitative estimate of drug-likeness (QED) is 0.552. The molecule has 7 heteroatoms. The number of hydrogen-bond donors (Lipinski definition) is 2. The lowest BCUT2D eigenvalue weighted by molar-refractivity contribution is 0.0930. The van der Waals surface area contributed by atoms with Gasteiger partial charge in [-0.2, -0.15) is 0 Å². The van der Waals surface area contributed by atoms with Gasteiger partial charge in [-0.15, -0.1) is 0 Å². The number of aromatic nitrogens is 3. The first-order chi connectivity index (χ1) is 14.2. The Morgan fingerprint density at radius 1 is 1.10 bits per heavy atom. The highest BCUT2D eigenvalue weighted by atomic mass is 16.3. The Morgan fingerprint density at radius 3 is 2.59 bits per heavy atom. The van der Waals surface area contributed by atoms with E-state index in [1.807, 2.05) is 41.0 Å². The molecule has 1 fully saturated rings. The zero-order chi connectivity index (χ0) is 19.8. The SMILES string of the molecule is Nc1c(C(=O)NC2CCCCC2)c2nc3ccccc3nc2n1Cc1ccco1. The van der Waals surface area contributed by atoms with Gasteiger partial charge in [0, 0.05) is 6.04 Å². The fourth-order valence-electron chi connectivity index (χ4n) is 4.16. The molecule has 4 aromatic rings. The number of carbonyl (C=O) groups is 1. The summed E-state index contributed by atoms with van der Waals surface area (Å²) in [6, 6.07) is 11.5. The molecule has 0 atom stereocenters. The van der Waals surface area contributed by atoms with Gasteiger partial charge in [0.1, 0.15) is 22.7 Å². The minimum absolute atomic E-state index is 0.179. The number of carbonyl (C=O) groups excluding carboxylic acids is 1. The molecular formula is C22H23N5O2. The van der Waals surface area contributed by atoms with E-state index in [0.717, 1.165) is 42.5 Å². The Hall–Kier alpha value is -3.35. The summed E-state index contributed by atoms with van der Waals surface area (Å²) in [5, 5.41) is 3.16. The smallest absolute Gasteiger partial charge is 0.257 e. The van der Waals surface area contributed by atoms with E-state index >= 15 is 0 Å². The summed E-state index contributed by atoms with van der Waals surface area (Å²) in [4.78, 5) is 22.7. The zero-order valence-corrected chi connectivity index (χ0v) is 16.1. The monoisotopic (exact) mass is 389 g/mol. The summed E-state index contributed by atoms with van der Waals surface area (Å²) in [6.45, 7) is 0.388. The van der Waals surface area contributed by atoms with Crippen LogP contribution in [0.3, 0.4) is 0 Å². The molecule has 1 aliphatic carbocycles. The largest absolute Gasteiger partial charge is 0.467 e. The van der Waals surface area contributed by atoms with Crippen molar-refractivity contribution in [2.45, 2.75) is 44.7 Å². The third-order valence-corrected chi connectivity index (χ3v) is 5.65. The summed E-state index contributed by atoms with van der Waals surface area (Å²) in [5.74, 6) is 0.921. The summed E-state index contributed by atoms with van der Waals surface area (Å²) < 4.78 is 7.30. The Bertz CT molecular complexity index is 1170. The molecule has 5 rings (SSSR count). The van der Waals surface area contributed by atoms with Gasteiger partial charge in [-0.25, -0.2) is 9.97 Å². The van der Waals surface area contributed by atoms with Crippen molar-refractivity contribution in [3.8, 4) is 0 Å². The van der Waals surface area contributed by atoms with Crippen LogP contribution in [0.15, 0.2) is 47.1 Å². The van der Waals surface area contributed by atoms with Crippen LogP contribution >= 0.6 is 0 Å². The van der Waals surface area contributed by atoms with Crippen LogP contribution in [0, 0.1) is 0 Å². The topological polar surface area (TPSA) is 99.0 Å². The lowest BCUT2D eigenvalue weighted by Crippen LogP contribution is -2.36. The standard InChI is InChI=1S/C22H23N5O2/c23-20-18(22(28)24-14-7-2-1-3-8-14)19-21(27(20)13-15-9-6-12-29-15)26-17-11-5-4-10-16(17)25-19/h4-6,9-12,14H,1-3,7-8,13,23H2,(H,24,28). The molecule has 29 heavy (non-hydrogen) atoms. The third kappa shape index (κ3) is 3.22. The maximum atomic E-state index is 13.2. The number of anilines is 1. The molecule has 0 bridgehead atoms. The molecule has 148 valence electrons. The van der Waals surface area contributed by atoms with Gasteiger partial charge in [0.15, 0.2) is 5.65 Å². The van der Waals surface area contributed by atoms with E-state index in [4.69, 9.17) is 20.1 Å². The molecule has 3 N–H and O–H groups in total. The summed E-state index contributed by atoms with van der Waals surface area (Å²) >= 11 is 0. The summed E-state index contributed by atoms with van der Waals surface area (Å²) in [5.41, 5.74) is 9.50. The first-order valence-corrected chi connectivity index (χ1v) is 10.1. The number of hydrogen-bond acceptors (Lipinski definition) is 5. The lowest BCUT2D eigenvalue weighted by atomic mass is 9.95. The number of nitrogens with one attached hydrogen (secondary N) is 1. The molecule has 1 saturated carbocycles. The van der Waals surface area contributed by atoms with Gasteiger partial charge in [0.25, 0.3) is 5.91 Å². The fraction of sp³-hybridized carbons (Fsp3) is 0.318. The average molecular weight is 389 g/mol. The van der Waals surface area contributed by atoms with Crippen molar-refractivity contribution in [2.75, 3.05) is 5.73 Å². The van der Waals surface area contributed by atoms with E-state index in [2.05, 4.69) is 5.32 Å². The molecule has 0 radical (unpaired) electrons. The number of furan rings is 1. The van der Waals surface area contributed by atoms with Crippen LogP contribution in [0.25, 0.3) is 22.2 Å². The van der Waals surface area contributed by atoms with E-state index in [-0.39, 0.29) is 11.9 Å². The zero-order valence-electron chi connectivity index (χ0n) is 16.1. The fourth-order valence-corrected chi connectivity index (χ4v) is 4.16. The number of fused-ring (bicyclic) bond motifs is 2. The van der Waals surface area contributed by atoms with E-state index in [1.54, 1.807) is 6.26 Å². The van der Waals surface area contributed by atoms with Crippen LogP contribution in [0.1, 0.15) is 48.2 Å². The molecule has 3 heterocycles. The maximum Gasteiger partial charge on any atom is 0.257 e. The Kier molecular flexibility index (Phi) is 4.42. The third-order valence-electron chi connectivity index (χ3n) is 5.65. The molecular weight excluding hydrogens is 366 g/mol. The van der Waals surface area contributed by atoms with Crippen LogP contribution in [0.5, 0.6) is 0 Å². The first-order valence-electron chi connectivity index (χ1n) is 10.1. The second-order valence-electron chi connectivity index (χ2n) is 7.62. The molecule has 0 aliphatic heterocycles. The molecule has 0 saturated heterocycles. The Balaban J connectivity index is 1.64. The van der Waals surface area contributed by atoms with Crippen LogP contribution in [0.4, 0.5) is 5.82 Å². The average Bonchev–Trinajstić information content (AvgIpc) is 3.34. The van der Waals surface area contributed by atoms with Crippen LogP contribution < -0.4 is 11.1 Å². The minimum Gasteiger partial charge on any atom is -0.467 e. The van der Waals surface area contributed by atoms with Crippen molar-refractivity contribution >= 4 is 33.9 Å². The van der Waals surface area contributed by atoms with Crippen molar-refractivity contribution in [1.29, 1.82) is 0 Å². The lowest BCUT2D eigenvalue weighted by Gasteiger charge is -2.22.